The summed E-state index contributed by atoms with van der Waals surface area (Å²) in [4.78, 5) is 30.4. The summed E-state index contributed by atoms with van der Waals surface area (Å²) in [5.41, 5.74) is 2.84. The Labute approximate surface area is 210 Å². The highest BCUT2D eigenvalue weighted by molar-refractivity contribution is 6.51. The molecule has 0 radical (unpaired) electrons. The molecule has 2 saturated heterocycles. The standard InChI is InChI=1S/C29H30N2O5/c1-18-12-14-30(15-13-18)20-7-9-21(10-8-20)31-26(24-5-4-16-36-24)25(28(33)29(31)34)27(32)22-17-19(2)6-11-23(22)35-3/h4-11,16-18,26,32H,12-15H2,1-3H3/b27-25-. The molecule has 5 rings (SSSR count). The third kappa shape index (κ3) is 4.15. The molecule has 2 aromatic carbocycles. The number of hydrogen-bond acceptors (Lipinski definition) is 6. The fraction of sp³-hybridized carbons (Fsp3) is 0.310. The van der Waals surface area contributed by atoms with Crippen molar-refractivity contribution in [1.82, 2.24) is 0 Å². The van der Waals surface area contributed by atoms with Gasteiger partial charge in [0.1, 0.15) is 23.3 Å². The van der Waals surface area contributed by atoms with Gasteiger partial charge in [-0.15, -0.1) is 0 Å². The Bertz CT molecular complexity index is 1300. The van der Waals surface area contributed by atoms with Gasteiger partial charge in [-0.3, -0.25) is 14.5 Å². The Morgan fingerprint density at radius 1 is 1.03 bits per heavy atom. The number of rotatable bonds is 5. The van der Waals surface area contributed by atoms with E-state index < -0.39 is 17.7 Å². The normalized spacial score (nSPS) is 20.2. The number of amides is 1. The monoisotopic (exact) mass is 486 g/mol. The predicted molar refractivity (Wildman–Crippen MR) is 138 cm³/mol. The van der Waals surface area contributed by atoms with Crippen LogP contribution < -0.4 is 14.5 Å². The molecule has 1 atom stereocenters. The molecule has 0 aliphatic carbocycles. The molecule has 2 fully saturated rings. The van der Waals surface area contributed by atoms with Crippen LogP contribution in [0.4, 0.5) is 11.4 Å². The van der Waals surface area contributed by atoms with E-state index in [2.05, 4.69) is 11.8 Å². The summed E-state index contributed by atoms with van der Waals surface area (Å²) in [5, 5.41) is 11.4. The summed E-state index contributed by atoms with van der Waals surface area (Å²) in [6.45, 7) is 6.15. The van der Waals surface area contributed by atoms with Crippen LogP contribution in [-0.2, 0) is 9.59 Å². The van der Waals surface area contributed by atoms with Gasteiger partial charge in [0.2, 0.25) is 0 Å². The van der Waals surface area contributed by atoms with E-state index in [-0.39, 0.29) is 11.3 Å². The first-order chi connectivity index (χ1) is 17.4. The van der Waals surface area contributed by atoms with Gasteiger partial charge in [-0.25, -0.2) is 0 Å². The highest BCUT2D eigenvalue weighted by Crippen LogP contribution is 2.43. The lowest BCUT2D eigenvalue weighted by molar-refractivity contribution is -0.132. The Hall–Kier alpha value is -4.00. The molecule has 0 bridgehead atoms. The van der Waals surface area contributed by atoms with Crippen molar-refractivity contribution in [2.24, 2.45) is 5.92 Å². The first-order valence-electron chi connectivity index (χ1n) is 12.2. The molecular formula is C29H30N2O5. The zero-order valence-electron chi connectivity index (χ0n) is 20.7. The van der Waals surface area contributed by atoms with Crippen LogP contribution in [0.25, 0.3) is 5.76 Å². The van der Waals surface area contributed by atoms with Gasteiger partial charge in [0.15, 0.2) is 0 Å². The Kier molecular flexibility index (Phi) is 6.31. The van der Waals surface area contributed by atoms with E-state index in [0.717, 1.165) is 43.1 Å². The van der Waals surface area contributed by atoms with Gasteiger partial charge in [0, 0.05) is 24.5 Å². The number of piperidine rings is 1. The van der Waals surface area contributed by atoms with Gasteiger partial charge < -0.3 is 19.2 Å². The van der Waals surface area contributed by atoms with Crippen molar-refractivity contribution in [3.8, 4) is 5.75 Å². The first kappa shape index (κ1) is 23.7. The van der Waals surface area contributed by atoms with Gasteiger partial charge in [-0.1, -0.05) is 18.6 Å². The van der Waals surface area contributed by atoms with Crippen LogP contribution in [0, 0.1) is 12.8 Å². The number of aliphatic hydroxyl groups excluding tert-OH is 1. The fourth-order valence-corrected chi connectivity index (χ4v) is 5.06. The van der Waals surface area contributed by atoms with Crippen LogP contribution in [0.1, 0.15) is 42.7 Å². The van der Waals surface area contributed by atoms with Crippen LogP contribution >= 0.6 is 0 Å². The summed E-state index contributed by atoms with van der Waals surface area (Å²) < 4.78 is 11.1. The fourth-order valence-electron chi connectivity index (χ4n) is 5.06. The molecule has 0 saturated carbocycles. The van der Waals surface area contributed by atoms with Gasteiger partial charge in [0.25, 0.3) is 11.7 Å². The molecular weight excluding hydrogens is 456 g/mol. The Morgan fingerprint density at radius 3 is 2.36 bits per heavy atom. The number of anilines is 2. The number of furan rings is 1. The summed E-state index contributed by atoms with van der Waals surface area (Å²) in [6, 6.07) is 15.5. The molecule has 1 N–H and O–H groups in total. The van der Waals surface area contributed by atoms with Gasteiger partial charge in [-0.05, 0) is 74.2 Å². The van der Waals surface area contributed by atoms with E-state index in [0.29, 0.717) is 22.8 Å². The number of aryl methyl sites for hydroxylation is 1. The zero-order chi connectivity index (χ0) is 25.4. The van der Waals surface area contributed by atoms with Crippen LogP contribution in [-0.4, -0.2) is 37.0 Å². The molecule has 3 heterocycles. The second-order valence-corrected chi connectivity index (χ2v) is 9.57. The van der Waals surface area contributed by atoms with Crippen LogP contribution in [0.2, 0.25) is 0 Å². The SMILES string of the molecule is COc1ccc(C)cc1/C(O)=C1/C(=O)C(=O)N(c2ccc(N3CCC(C)CC3)cc2)C1c1ccco1. The quantitative estimate of drug-likeness (QED) is 0.293. The first-order valence-corrected chi connectivity index (χ1v) is 12.2. The van der Waals surface area contributed by atoms with Crippen molar-refractivity contribution >= 4 is 28.8 Å². The maximum absolute atomic E-state index is 13.3. The number of ketones is 1. The number of benzene rings is 2. The molecule has 0 spiro atoms. The maximum Gasteiger partial charge on any atom is 0.300 e. The lowest BCUT2D eigenvalue weighted by Gasteiger charge is -2.32. The second kappa shape index (κ2) is 9.57. The summed E-state index contributed by atoms with van der Waals surface area (Å²) in [6.07, 6.45) is 3.79. The number of aliphatic hydroxyl groups is 1. The number of nitrogens with zero attached hydrogens (tertiary/aromatic N) is 2. The Morgan fingerprint density at radius 2 is 1.72 bits per heavy atom. The van der Waals surface area contributed by atoms with Gasteiger partial charge in [0.05, 0.1) is 24.5 Å². The molecule has 186 valence electrons. The van der Waals surface area contributed by atoms with Crippen LogP contribution in [0.3, 0.4) is 0 Å². The molecule has 2 aliphatic rings. The molecule has 1 amide bonds. The number of carbonyl (C=O) groups excluding carboxylic acids is 2. The number of methoxy groups -OCH3 is 1. The third-order valence-electron chi connectivity index (χ3n) is 7.14. The molecule has 36 heavy (non-hydrogen) atoms. The minimum Gasteiger partial charge on any atom is -0.507 e. The van der Waals surface area contributed by atoms with E-state index in [1.165, 1.54) is 18.3 Å². The summed E-state index contributed by atoms with van der Waals surface area (Å²) >= 11 is 0. The molecule has 7 nitrogen and oxygen atoms in total. The lowest BCUT2D eigenvalue weighted by atomic mass is 9.97. The minimum absolute atomic E-state index is 0.0343. The van der Waals surface area contributed by atoms with Crippen LogP contribution in [0.15, 0.2) is 70.9 Å². The minimum atomic E-state index is -0.910. The Balaban J connectivity index is 1.58. The van der Waals surface area contributed by atoms with E-state index >= 15 is 0 Å². The average molecular weight is 487 g/mol. The molecule has 3 aromatic rings. The number of ether oxygens (including phenoxy) is 1. The maximum atomic E-state index is 13.3. The summed E-state index contributed by atoms with van der Waals surface area (Å²) in [7, 11) is 1.49. The predicted octanol–water partition coefficient (Wildman–Crippen LogP) is 5.46. The molecule has 2 aliphatic heterocycles. The van der Waals surface area contributed by atoms with Gasteiger partial charge in [-0.2, -0.15) is 0 Å². The lowest BCUT2D eigenvalue weighted by Crippen LogP contribution is -2.33. The van der Waals surface area contributed by atoms with Crippen molar-refractivity contribution < 1.29 is 23.8 Å². The second-order valence-electron chi connectivity index (χ2n) is 9.57. The topological polar surface area (TPSA) is 83.2 Å². The van der Waals surface area contributed by atoms with Crippen molar-refractivity contribution in [2.75, 3.05) is 30.0 Å². The smallest absolute Gasteiger partial charge is 0.300 e. The van der Waals surface area contributed by atoms with Crippen LogP contribution in [0.5, 0.6) is 5.75 Å². The van der Waals surface area contributed by atoms with Crippen molar-refractivity contribution in [2.45, 2.75) is 32.7 Å². The van der Waals surface area contributed by atoms with Crippen molar-refractivity contribution in [3.63, 3.8) is 0 Å². The molecule has 1 unspecified atom stereocenters. The van der Waals surface area contributed by atoms with E-state index in [1.807, 2.05) is 37.3 Å². The number of Topliss-reactive ketones (excluding diaryl/α,β-unsaturated/α-hetero) is 1. The molecule has 7 heteroatoms. The van der Waals surface area contributed by atoms with E-state index in [1.54, 1.807) is 24.3 Å². The zero-order valence-corrected chi connectivity index (χ0v) is 20.7. The van der Waals surface area contributed by atoms with E-state index in [9.17, 15) is 14.7 Å². The van der Waals surface area contributed by atoms with E-state index in [4.69, 9.17) is 9.15 Å². The highest BCUT2D eigenvalue weighted by atomic mass is 16.5. The summed E-state index contributed by atoms with van der Waals surface area (Å²) in [5.74, 6) is -0.264. The van der Waals surface area contributed by atoms with Gasteiger partial charge >= 0.3 is 0 Å². The average Bonchev–Trinajstić information content (AvgIpc) is 3.51. The molecule has 1 aromatic heterocycles. The highest BCUT2D eigenvalue weighted by Gasteiger charge is 2.48. The number of carbonyl (C=O) groups is 2. The third-order valence-corrected chi connectivity index (χ3v) is 7.14. The largest absolute Gasteiger partial charge is 0.507 e. The van der Waals surface area contributed by atoms with Crippen molar-refractivity contribution in [3.05, 3.63) is 83.3 Å². The number of hydrogen-bond donors (Lipinski definition) is 1. The van der Waals surface area contributed by atoms with Crippen molar-refractivity contribution in [1.29, 1.82) is 0 Å².